The molecule has 3 N–H and O–H groups in total. The van der Waals surface area contributed by atoms with Crippen LogP contribution in [-0.4, -0.2) is 24.0 Å². The van der Waals surface area contributed by atoms with Crippen molar-refractivity contribution in [3.63, 3.8) is 0 Å². The van der Waals surface area contributed by atoms with Crippen molar-refractivity contribution in [2.24, 2.45) is 5.73 Å². The minimum atomic E-state index is -0.765. The maximum atomic E-state index is 12.4. The number of hydrogen-bond acceptors (Lipinski definition) is 4. The van der Waals surface area contributed by atoms with Gasteiger partial charge in [0, 0.05) is 0 Å². The lowest BCUT2D eigenvalue weighted by Crippen LogP contribution is -2.48. The van der Waals surface area contributed by atoms with Crippen LogP contribution in [0.4, 0.5) is 0 Å². The number of ether oxygens (including phenoxy) is 1. The van der Waals surface area contributed by atoms with E-state index in [1.165, 1.54) is 0 Å². The van der Waals surface area contributed by atoms with Crippen molar-refractivity contribution in [3.05, 3.63) is 83.9 Å². The first-order chi connectivity index (χ1) is 13.5. The molecule has 2 atom stereocenters. The molecule has 28 heavy (non-hydrogen) atoms. The normalized spacial score (nSPS) is 12.9. The fourth-order valence-corrected chi connectivity index (χ4v) is 2.95. The number of amides is 1. The molecule has 0 saturated carbocycles. The summed E-state index contributed by atoms with van der Waals surface area (Å²) in [6.45, 7) is 1.76. The van der Waals surface area contributed by atoms with E-state index < -0.39 is 18.1 Å². The fourth-order valence-electron chi connectivity index (χ4n) is 2.95. The van der Waals surface area contributed by atoms with Crippen LogP contribution in [0.3, 0.4) is 0 Å². The second-order valence-electron chi connectivity index (χ2n) is 6.82. The van der Waals surface area contributed by atoms with Gasteiger partial charge in [0.05, 0.1) is 6.04 Å². The molecule has 0 spiro atoms. The summed E-state index contributed by atoms with van der Waals surface area (Å²) < 4.78 is 5.24. The molecule has 0 aliphatic heterocycles. The van der Waals surface area contributed by atoms with E-state index in [-0.39, 0.29) is 12.5 Å². The van der Waals surface area contributed by atoms with Crippen molar-refractivity contribution in [3.8, 4) is 0 Å². The predicted molar refractivity (Wildman–Crippen MR) is 109 cm³/mol. The number of nitrogens with two attached hydrogens (primary N) is 1. The largest absolute Gasteiger partial charge is 0.459 e. The Hall–Kier alpha value is -3.18. The first-order valence-electron chi connectivity index (χ1n) is 9.27. The van der Waals surface area contributed by atoms with Crippen LogP contribution in [0.5, 0.6) is 0 Å². The van der Waals surface area contributed by atoms with Gasteiger partial charge in [0.25, 0.3) is 0 Å². The van der Waals surface area contributed by atoms with Crippen molar-refractivity contribution in [2.75, 3.05) is 0 Å². The Balaban J connectivity index is 1.51. The van der Waals surface area contributed by atoms with E-state index in [4.69, 9.17) is 10.5 Å². The Morgan fingerprint density at radius 3 is 2.36 bits per heavy atom. The van der Waals surface area contributed by atoms with Gasteiger partial charge in [-0.1, -0.05) is 72.8 Å². The maximum absolute atomic E-state index is 12.4. The third-order valence-corrected chi connectivity index (χ3v) is 4.54. The van der Waals surface area contributed by atoms with Gasteiger partial charge in [0.2, 0.25) is 5.91 Å². The average molecular weight is 376 g/mol. The monoisotopic (exact) mass is 376 g/mol. The smallest absolute Gasteiger partial charge is 0.328 e. The highest BCUT2D eigenvalue weighted by Crippen LogP contribution is 2.16. The van der Waals surface area contributed by atoms with Gasteiger partial charge in [-0.15, -0.1) is 0 Å². The summed E-state index contributed by atoms with van der Waals surface area (Å²) >= 11 is 0. The molecule has 3 rings (SSSR count). The van der Waals surface area contributed by atoms with E-state index in [1.54, 1.807) is 6.92 Å². The molecule has 5 heteroatoms. The van der Waals surface area contributed by atoms with Gasteiger partial charge >= 0.3 is 5.97 Å². The number of benzene rings is 3. The van der Waals surface area contributed by atoms with E-state index in [1.807, 2.05) is 72.8 Å². The molecule has 0 aromatic heterocycles. The Bertz CT molecular complexity index is 956. The first kappa shape index (κ1) is 19.6. The molecule has 5 nitrogen and oxygen atoms in total. The maximum Gasteiger partial charge on any atom is 0.328 e. The summed E-state index contributed by atoms with van der Waals surface area (Å²) in [6.07, 6.45) is 0.391. The number of esters is 1. The van der Waals surface area contributed by atoms with Crippen LogP contribution in [0.1, 0.15) is 18.1 Å². The molecule has 0 fully saturated rings. The molecule has 1 amide bonds. The number of nitrogens with one attached hydrogen (secondary N) is 1. The minimum absolute atomic E-state index is 0.170. The van der Waals surface area contributed by atoms with Gasteiger partial charge in [-0.05, 0) is 35.2 Å². The highest BCUT2D eigenvalue weighted by molar-refractivity contribution is 5.88. The molecule has 0 heterocycles. The quantitative estimate of drug-likeness (QED) is 0.621. The summed E-state index contributed by atoms with van der Waals surface area (Å²) in [5, 5.41) is 4.87. The molecular weight excluding hydrogens is 352 g/mol. The molecule has 0 radical (unpaired) electrons. The van der Waals surface area contributed by atoms with E-state index >= 15 is 0 Å². The number of hydrogen-bond donors (Lipinski definition) is 2. The molecule has 3 aromatic carbocycles. The first-order valence-corrected chi connectivity index (χ1v) is 9.27. The van der Waals surface area contributed by atoms with Crippen LogP contribution in [0.2, 0.25) is 0 Å². The molecule has 3 aromatic rings. The van der Waals surface area contributed by atoms with Crippen molar-refractivity contribution in [1.29, 1.82) is 0 Å². The zero-order valence-corrected chi connectivity index (χ0v) is 15.8. The zero-order chi connectivity index (χ0) is 19.9. The highest BCUT2D eigenvalue weighted by Gasteiger charge is 2.21. The zero-order valence-electron chi connectivity index (χ0n) is 15.8. The van der Waals surface area contributed by atoms with Gasteiger partial charge < -0.3 is 15.8 Å². The summed E-state index contributed by atoms with van der Waals surface area (Å²) in [5.74, 6) is -0.868. The predicted octanol–water partition coefficient (Wildman–Crippen LogP) is 2.96. The molecule has 0 bridgehead atoms. The molecule has 0 saturated heterocycles. The van der Waals surface area contributed by atoms with Crippen LogP contribution < -0.4 is 11.1 Å². The molecule has 0 unspecified atom stereocenters. The van der Waals surface area contributed by atoms with Crippen molar-refractivity contribution < 1.29 is 14.3 Å². The Kier molecular flexibility index (Phi) is 6.40. The highest BCUT2D eigenvalue weighted by atomic mass is 16.5. The lowest BCUT2D eigenvalue weighted by atomic mass is 10.0. The van der Waals surface area contributed by atoms with E-state index in [0.717, 1.165) is 21.9 Å². The third-order valence-electron chi connectivity index (χ3n) is 4.54. The summed E-state index contributed by atoms with van der Waals surface area (Å²) in [4.78, 5) is 24.5. The third kappa shape index (κ3) is 5.18. The van der Waals surface area contributed by atoms with Crippen LogP contribution in [0, 0.1) is 0 Å². The second kappa shape index (κ2) is 9.15. The Morgan fingerprint density at radius 1 is 0.929 bits per heavy atom. The van der Waals surface area contributed by atoms with E-state index in [2.05, 4.69) is 5.32 Å². The summed E-state index contributed by atoms with van der Waals surface area (Å²) in [7, 11) is 0. The van der Waals surface area contributed by atoms with E-state index in [9.17, 15) is 9.59 Å². The van der Waals surface area contributed by atoms with Crippen LogP contribution in [0.15, 0.2) is 72.8 Å². The Labute approximate surface area is 164 Å². The van der Waals surface area contributed by atoms with Gasteiger partial charge in [0.15, 0.2) is 0 Å². The van der Waals surface area contributed by atoms with Gasteiger partial charge in [-0.2, -0.15) is 0 Å². The van der Waals surface area contributed by atoms with Crippen molar-refractivity contribution >= 4 is 22.6 Å². The second-order valence-corrected chi connectivity index (χ2v) is 6.82. The fraction of sp³-hybridized carbons (Fsp3) is 0.217. The lowest BCUT2D eigenvalue weighted by molar-refractivity contribution is -0.148. The van der Waals surface area contributed by atoms with E-state index in [0.29, 0.717) is 6.42 Å². The number of carbonyl (C=O) groups is 2. The minimum Gasteiger partial charge on any atom is -0.459 e. The number of fused-ring (bicyclic) bond motifs is 1. The lowest BCUT2D eigenvalue weighted by Gasteiger charge is -2.17. The van der Waals surface area contributed by atoms with Crippen molar-refractivity contribution in [2.45, 2.75) is 32.0 Å². The SMILES string of the molecule is C[C@H](NC(=O)[C@H](N)Cc1ccc2ccccc2c1)C(=O)OCc1ccccc1. The number of carbonyl (C=O) groups excluding carboxylic acids is 2. The summed E-state index contributed by atoms with van der Waals surface area (Å²) in [5.41, 5.74) is 7.91. The van der Waals surface area contributed by atoms with Gasteiger partial charge in [-0.25, -0.2) is 4.79 Å². The number of rotatable bonds is 7. The molecule has 144 valence electrons. The molecule has 0 aliphatic rings. The average Bonchev–Trinajstić information content (AvgIpc) is 2.72. The Morgan fingerprint density at radius 2 is 1.61 bits per heavy atom. The molecular formula is C23H24N2O3. The summed E-state index contributed by atoms with van der Waals surface area (Å²) in [6, 6.07) is 21.9. The van der Waals surface area contributed by atoms with Gasteiger partial charge in [0.1, 0.15) is 12.6 Å². The van der Waals surface area contributed by atoms with Crippen molar-refractivity contribution in [1.82, 2.24) is 5.32 Å². The van der Waals surface area contributed by atoms with Crippen LogP contribution in [-0.2, 0) is 27.4 Å². The standard InChI is InChI=1S/C23H24N2O3/c1-16(23(27)28-15-17-7-3-2-4-8-17)25-22(26)21(24)14-18-11-12-19-9-5-6-10-20(19)13-18/h2-13,16,21H,14-15,24H2,1H3,(H,25,26)/t16-,21+/m0/s1. The van der Waals surface area contributed by atoms with Crippen LogP contribution in [0.25, 0.3) is 10.8 Å². The topological polar surface area (TPSA) is 81.4 Å². The van der Waals surface area contributed by atoms with Crippen LogP contribution >= 0.6 is 0 Å². The molecule has 0 aliphatic carbocycles. The van der Waals surface area contributed by atoms with Gasteiger partial charge in [-0.3, -0.25) is 4.79 Å².